The molecule has 1 aromatic rings. The molecule has 44 heavy (non-hydrogen) atoms. The van der Waals surface area contributed by atoms with Crippen molar-refractivity contribution in [3.05, 3.63) is 23.3 Å². The topological polar surface area (TPSA) is 108 Å². The molecule has 3 rings (SSSR count). The van der Waals surface area contributed by atoms with Crippen LogP contribution in [0.15, 0.2) is 12.1 Å². The maximum absolute atomic E-state index is 14.5. The highest BCUT2D eigenvalue weighted by atomic mass is 19.4. The van der Waals surface area contributed by atoms with Gasteiger partial charge in [0.2, 0.25) is 5.91 Å². The van der Waals surface area contributed by atoms with Gasteiger partial charge < -0.3 is 24.7 Å². The molecule has 2 aliphatic heterocycles. The molecule has 0 saturated carbocycles. The number of carbonyl (C=O) groups is 4. The number of hydroxylamine groups is 2. The molecule has 0 aromatic heterocycles. The first-order valence-electron chi connectivity index (χ1n) is 14.7. The molecule has 3 amide bonds. The molecule has 1 atom stereocenters. The smallest absolute Gasteiger partial charge is 0.417 e. The van der Waals surface area contributed by atoms with Crippen LogP contribution in [-0.2, 0) is 25.4 Å². The molecular formula is C30H42F4N4O6. The Morgan fingerprint density at radius 3 is 2.41 bits per heavy atom. The van der Waals surface area contributed by atoms with E-state index in [1.165, 1.54) is 23.8 Å². The standard InChI is InChI=1S/C30H42F4N4O6/c1-18(2)38(19-9-8-13-36(17-19)44-27(42)28(3,4)5)25(40)20-15-22-23(16-21(20)30(32,33)34)43-29(6,7)26(41)37(22)14-10-24(39)35-12-11-31/h15-16,18-19H,8-14,17H2,1-7H3,(H,35,39)/t19-/m1/s1. The molecule has 0 bridgehead atoms. The summed E-state index contributed by atoms with van der Waals surface area (Å²) in [5.41, 5.74) is -4.34. The van der Waals surface area contributed by atoms with Gasteiger partial charge in [0.1, 0.15) is 12.4 Å². The first-order chi connectivity index (χ1) is 20.3. The highest BCUT2D eigenvalue weighted by Crippen LogP contribution is 2.44. The number of anilines is 1. The fourth-order valence-electron chi connectivity index (χ4n) is 5.18. The summed E-state index contributed by atoms with van der Waals surface area (Å²) in [5.74, 6) is -2.82. The van der Waals surface area contributed by atoms with E-state index in [2.05, 4.69) is 5.32 Å². The number of alkyl halides is 4. The normalized spacial score (nSPS) is 18.9. The molecule has 1 N–H and O–H groups in total. The molecule has 1 saturated heterocycles. The van der Waals surface area contributed by atoms with Gasteiger partial charge in [-0.25, -0.2) is 9.18 Å². The number of amides is 3. The van der Waals surface area contributed by atoms with E-state index >= 15 is 0 Å². The van der Waals surface area contributed by atoms with E-state index in [0.29, 0.717) is 25.5 Å². The summed E-state index contributed by atoms with van der Waals surface area (Å²) in [5, 5.41) is 3.79. The molecule has 1 fully saturated rings. The average Bonchev–Trinajstić information content (AvgIpc) is 2.90. The maximum Gasteiger partial charge on any atom is 0.417 e. The van der Waals surface area contributed by atoms with Gasteiger partial charge in [0.05, 0.1) is 28.8 Å². The van der Waals surface area contributed by atoms with Crippen LogP contribution in [0.4, 0.5) is 23.2 Å². The molecular weight excluding hydrogens is 588 g/mol. The van der Waals surface area contributed by atoms with Crippen molar-refractivity contribution in [2.24, 2.45) is 5.41 Å². The van der Waals surface area contributed by atoms with Crippen LogP contribution < -0.4 is 15.0 Å². The van der Waals surface area contributed by atoms with Crippen molar-refractivity contribution in [2.75, 3.05) is 37.8 Å². The Kier molecular flexibility index (Phi) is 10.6. The van der Waals surface area contributed by atoms with Gasteiger partial charge >= 0.3 is 12.1 Å². The second-order valence-corrected chi connectivity index (χ2v) is 12.8. The fourth-order valence-corrected chi connectivity index (χ4v) is 5.18. The second-order valence-electron chi connectivity index (χ2n) is 12.8. The molecule has 246 valence electrons. The average molecular weight is 631 g/mol. The predicted molar refractivity (Wildman–Crippen MR) is 154 cm³/mol. The van der Waals surface area contributed by atoms with E-state index in [0.717, 1.165) is 11.0 Å². The van der Waals surface area contributed by atoms with E-state index in [-0.39, 0.29) is 37.5 Å². The minimum absolute atomic E-state index is 0.0861. The van der Waals surface area contributed by atoms with E-state index in [4.69, 9.17) is 9.57 Å². The SMILES string of the molecule is CC(C)N(C(=O)c1cc2c(cc1C(F)(F)F)OC(C)(C)C(=O)N2CCC(=O)NCCF)[C@@H]1CCCN(OC(=O)C(C)(C)C)C1. The number of hydrogen-bond acceptors (Lipinski definition) is 7. The van der Waals surface area contributed by atoms with Crippen LogP contribution in [0.3, 0.4) is 0 Å². The van der Waals surface area contributed by atoms with Crippen molar-refractivity contribution in [3.8, 4) is 5.75 Å². The largest absolute Gasteiger partial charge is 0.476 e. The Hall–Kier alpha value is -3.42. The Morgan fingerprint density at radius 2 is 1.84 bits per heavy atom. The molecule has 14 heteroatoms. The number of fused-ring (bicyclic) bond motifs is 1. The van der Waals surface area contributed by atoms with Gasteiger partial charge in [0, 0.05) is 38.1 Å². The van der Waals surface area contributed by atoms with Crippen LogP contribution in [0.5, 0.6) is 5.75 Å². The number of carbonyl (C=O) groups excluding carboxylic acids is 4. The number of nitrogens with one attached hydrogen (secondary N) is 1. The molecule has 2 heterocycles. The second kappa shape index (κ2) is 13.3. The van der Waals surface area contributed by atoms with Crippen LogP contribution >= 0.6 is 0 Å². The molecule has 0 aliphatic carbocycles. The van der Waals surface area contributed by atoms with Gasteiger partial charge in [-0.05, 0) is 73.4 Å². The minimum Gasteiger partial charge on any atom is -0.476 e. The number of hydrogen-bond donors (Lipinski definition) is 1. The third-order valence-corrected chi connectivity index (χ3v) is 7.40. The molecule has 2 aliphatic rings. The quantitative estimate of drug-likeness (QED) is 0.401. The van der Waals surface area contributed by atoms with Gasteiger partial charge in [0.15, 0.2) is 5.60 Å². The zero-order valence-corrected chi connectivity index (χ0v) is 26.3. The molecule has 1 aromatic carbocycles. The third kappa shape index (κ3) is 7.99. The van der Waals surface area contributed by atoms with Crippen LogP contribution in [-0.4, -0.2) is 84.2 Å². The van der Waals surface area contributed by atoms with E-state index in [1.807, 2.05) is 0 Å². The summed E-state index contributed by atoms with van der Waals surface area (Å²) >= 11 is 0. The zero-order chi connectivity index (χ0) is 33.2. The highest BCUT2D eigenvalue weighted by molar-refractivity contribution is 6.05. The fraction of sp³-hybridized carbons (Fsp3) is 0.667. The third-order valence-electron chi connectivity index (χ3n) is 7.40. The maximum atomic E-state index is 14.5. The number of piperidine rings is 1. The molecule has 10 nitrogen and oxygen atoms in total. The number of ether oxygens (including phenoxy) is 1. The summed E-state index contributed by atoms with van der Waals surface area (Å²) < 4.78 is 61.6. The lowest BCUT2D eigenvalue weighted by molar-refractivity contribution is -0.208. The monoisotopic (exact) mass is 630 g/mol. The van der Waals surface area contributed by atoms with E-state index in [1.54, 1.807) is 34.6 Å². The number of halogens is 4. The predicted octanol–water partition coefficient (Wildman–Crippen LogP) is 4.50. The van der Waals surface area contributed by atoms with Gasteiger partial charge in [0.25, 0.3) is 11.8 Å². The zero-order valence-electron chi connectivity index (χ0n) is 26.3. The lowest BCUT2D eigenvalue weighted by Crippen LogP contribution is -2.54. The number of rotatable bonds is 9. The first-order valence-corrected chi connectivity index (χ1v) is 14.7. The molecule has 0 radical (unpaired) electrons. The summed E-state index contributed by atoms with van der Waals surface area (Å²) in [4.78, 5) is 60.1. The first kappa shape index (κ1) is 35.1. The van der Waals surface area contributed by atoms with Gasteiger partial charge in [-0.3, -0.25) is 14.4 Å². The number of nitrogens with zero attached hydrogens (tertiary/aromatic N) is 3. The van der Waals surface area contributed by atoms with Crippen molar-refractivity contribution in [3.63, 3.8) is 0 Å². The van der Waals surface area contributed by atoms with Crippen molar-refractivity contribution in [2.45, 2.75) is 91.6 Å². The summed E-state index contributed by atoms with van der Waals surface area (Å²) in [7, 11) is 0. The highest BCUT2D eigenvalue weighted by Gasteiger charge is 2.45. The van der Waals surface area contributed by atoms with Gasteiger partial charge in [-0.1, -0.05) is 0 Å². The van der Waals surface area contributed by atoms with Crippen LogP contribution in [0.2, 0.25) is 0 Å². The van der Waals surface area contributed by atoms with Gasteiger partial charge in [-0.15, -0.1) is 5.06 Å². The van der Waals surface area contributed by atoms with Crippen LogP contribution in [0.1, 0.15) is 83.7 Å². The summed E-state index contributed by atoms with van der Waals surface area (Å²) in [6.45, 7) is 10.5. The Bertz CT molecular complexity index is 1260. The number of benzene rings is 1. The van der Waals surface area contributed by atoms with E-state index in [9.17, 15) is 36.7 Å². The summed E-state index contributed by atoms with van der Waals surface area (Å²) in [6, 6.07) is 0.593. The van der Waals surface area contributed by atoms with E-state index < -0.39 is 70.8 Å². The van der Waals surface area contributed by atoms with Crippen molar-refractivity contribution in [1.82, 2.24) is 15.3 Å². The summed E-state index contributed by atoms with van der Waals surface area (Å²) in [6.07, 6.45) is -4.20. The van der Waals surface area contributed by atoms with Crippen molar-refractivity contribution < 1.29 is 46.3 Å². The molecule has 0 spiro atoms. The Balaban J connectivity index is 2.04. The van der Waals surface area contributed by atoms with Crippen LogP contribution in [0.25, 0.3) is 0 Å². The Morgan fingerprint density at radius 1 is 1.18 bits per heavy atom. The Labute approximate surface area is 254 Å². The van der Waals surface area contributed by atoms with Crippen molar-refractivity contribution >= 4 is 29.4 Å². The minimum atomic E-state index is -4.95. The van der Waals surface area contributed by atoms with Gasteiger partial charge in [-0.2, -0.15) is 13.2 Å². The van der Waals surface area contributed by atoms with Crippen molar-refractivity contribution in [1.29, 1.82) is 0 Å². The lowest BCUT2D eigenvalue weighted by atomic mass is 9.96. The lowest BCUT2D eigenvalue weighted by Gasteiger charge is -2.42. The van der Waals surface area contributed by atoms with Crippen LogP contribution in [0, 0.1) is 5.41 Å². The molecule has 0 unspecified atom stereocenters.